The maximum absolute atomic E-state index is 11.1. The molecule has 1 atom stereocenters. The van der Waals surface area contributed by atoms with Gasteiger partial charge in [0.1, 0.15) is 5.78 Å². The molecule has 0 aliphatic carbocycles. The average Bonchev–Trinajstić information content (AvgIpc) is 2.15. The Bertz CT molecular complexity index is 145. The van der Waals surface area contributed by atoms with Crippen LogP contribution in [0, 0.1) is 0 Å². The predicted molar refractivity (Wildman–Crippen MR) is 56.9 cm³/mol. The van der Waals surface area contributed by atoms with Gasteiger partial charge in [0.2, 0.25) is 0 Å². The van der Waals surface area contributed by atoms with Crippen molar-refractivity contribution in [3.63, 3.8) is 0 Å². The number of nitrogens with zero attached hydrogens (tertiary/aromatic N) is 1. The highest BCUT2D eigenvalue weighted by Crippen LogP contribution is 2.16. The second kappa shape index (κ2) is 7.07. The number of hydrogen-bond donors (Lipinski definition) is 0. The molecule has 1 fully saturated rings. The Morgan fingerprint density at radius 2 is 2.08 bits per heavy atom. The monoisotopic (exact) mass is 185 g/mol. The van der Waals surface area contributed by atoms with Crippen LogP contribution in [0.15, 0.2) is 0 Å². The van der Waals surface area contributed by atoms with Crippen molar-refractivity contribution in [3.8, 4) is 0 Å². The van der Waals surface area contributed by atoms with Crippen LogP contribution in [-0.4, -0.2) is 30.3 Å². The van der Waals surface area contributed by atoms with Gasteiger partial charge >= 0.3 is 0 Å². The molecule has 0 N–H and O–H groups in total. The van der Waals surface area contributed by atoms with E-state index in [4.69, 9.17) is 0 Å². The summed E-state index contributed by atoms with van der Waals surface area (Å²) in [5.74, 6) is 0.446. The number of Topliss-reactive ketones (excluding diaryl/α,β-unsaturated/α-hetero) is 1. The van der Waals surface area contributed by atoms with Crippen molar-refractivity contribution in [1.82, 2.24) is 4.90 Å². The molecule has 1 aliphatic heterocycles. The number of carbonyl (C=O) groups is 1. The van der Waals surface area contributed by atoms with Crippen molar-refractivity contribution in [2.45, 2.75) is 52.5 Å². The summed E-state index contributed by atoms with van der Waals surface area (Å²) in [6, 6.07) is 0.529. The van der Waals surface area contributed by atoms with Gasteiger partial charge in [0, 0.05) is 25.4 Å². The SMILES string of the molecule is CC.CCCC1CC(=O)CCN1C. The minimum absolute atomic E-state index is 0.446. The highest BCUT2D eigenvalue weighted by Gasteiger charge is 2.22. The summed E-state index contributed by atoms with van der Waals surface area (Å²) >= 11 is 0. The molecule has 0 spiro atoms. The Kier molecular flexibility index (Phi) is 6.87. The minimum Gasteiger partial charge on any atom is -0.303 e. The molecule has 1 heterocycles. The van der Waals surface area contributed by atoms with Crippen molar-refractivity contribution >= 4 is 5.78 Å². The Balaban J connectivity index is 0.000000671. The zero-order chi connectivity index (χ0) is 10.3. The number of rotatable bonds is 2. The van der Waals surface area contributed by atoms with Crippen LogP contribution in [0.25, 0.3) is 0 Å². The maximum Gasteiger partial charge on any atom is 0.135 e. The van der Waals surface area contributed by atoms with Crippen molar-refractivity contribution < 1.29 is 4.79 Å². The molecule has 1 rings (SSSR count). The fourth-order valence-corrected chi connectivity index (χ4v) is 1.66. The maximum atomic E-state index is 11.1. The van der Waals surface area contributed by atoms with Crippen LogP contribution in [0.5, 0.6) is 0 Å². The Hall–Kier alpha value is -0.370. The molecule has 0 bridgehead atoms. The van der Waals surface area contributed by atoms with E-state index in [-0.39, 0.29) is 0 Å². The highest BCUT2D eigenvalue weighted by molar-refractivity contribution is 5.79. The first-order valence-electron chi connectivity index (χ1n) is 5.46. The molecular weight excluding hydrogens is 162 g/mol. The van der Waals surface area contributed by atoms with E-state index in [0.29, 0.717) is 11.8 Å². The fraction of sp³-hybridized carbons (Fsp3) is 0.909. The third kappa shape index (κ3) is 4.41. The number of hydrogen-bond acceptors (Lipinski definition) is 2. The van der Waals surface area contributed by atoms with E-state index in [2.05, 4.69) is 18.9 Å². The van der Waals surface area contributed by atoms with Gasteiger partial charge in [-0.3, -0.25) is 4.79 Å². The quantitative estimate of drug-likeness (QED) is 0.658. The van der Waals surface area contributed by atoms with Gasteiger partial charge in [0.15, 0.2) is 0 Å². The summed E-state index contributed by atoms with van der Waals surface area (Å²) in [5.41, 5.74) is 0. The van der Waals surface area contributed by atoms with Crippen molar-refractivity contribution in [3.05, 3.63) is 0 Å². The summed E-state index contributed by atoms with van der Waals surface area (Å²) < 4.78 is 0. The third-order valence-electron chi connectivity index (χ3n) is 2.45. The van der Waals surface area contributed by atoms with Crippen LogP contribution in [0.1, 0.15) is 46.5 Å². The molecular formula is C11H23NO. The molecule has 78 valence electrons. The fourth-order valence-electron chi connectivity index (χ4n) is 1.66. The minimum atomic E-state index is 0.446. The lowest BCUT2D eigenvalue weighted by Crippen LogP contribution is -2.39. The van der Waals surface area contributed by atoms with E-state index in [1.165, 1.54) is 12.8 Å². The molecule has 13 heavy (non-hydrogen) atoms. The van der Waals surface area contributed by atoms with Gasteiger partial charge in [-0.05, 0) is 13.5 Å². The number of carbonyl (C=O) groups excluding carboxylic acids is 1. The molecule has 1 aliphatic rings. The van der Waals surface area contributed by atoms with Crippen LogP contribution in [0.4, 0.5) is 0 Å². The van der Waals surface area contributed by atoms with Gasteiger partial charge in [0.25, 0.3) is 0 Å². The van der Waals surface area contributed by atoms with E-state index >= 15 is 0 Å². The summed E-state index contributed by atoms with van der Waals surface area (Å²) in [5, 5.41) is 0. The lowest BCUT2D eigenvalue weighted by molar-refractivity contribution is -0.122. The van der Waals surface area contributed by atoms with E-state index in [0.717, 1.165) is 19.4 Å². The molecule has 0 aromatic rings. The first-order valence-corrected chi connectivity index (χ1v) is 5.46. The Morgan fingerprint density at radius 3 is 2.62 bits per heavy atom. The second-order valence-electron chi connectivity index (χ2n) is 3.42. The lowest BCUT2D eigenvalue weighted by Gasteiger charge is -2.31. The summed E-state index contributed by atoms with van der Waals surface area (Å²) in [6.45, 7) is 7.14. The van der Waals surface area contributed by atoms with Crippen LogP contribution in [0.3, 0.4) is 0 Å². The summed E-state index contributed by atoms with van der Waals surface area (Å²) in [6.07, 6.45) is 3.89. The molecule has 0 aromatic heterocycles. The Morgan fingerprint density at radius 1 is 1.46 bits per heavy atom. The van der Waals surface area contributed by atoms with E-state index in [1.54, 1.807) is 0 Å². The van der Waals surface area contributed by atoms with Crippen molar-refractivity contribution in [1.29, 1.82) is 0 Å². The summed E-state index contributed by atoms with van der Waals surface area (Å²) in [7, 11) is 2.12. The largest absolute Gasteiger partial charge is 0.303 e. The first kappa shape index (κ1) is 12.6. The zero-order valence-electron chi connectivity index (χ0n) is 9.47. The molecule has 0 aromatic carbocycles. The Labute approximate surface area is 82.3 Å². The average molecular weight is 185 g/mol. The van der Waals surface area contributed by atoms with Crippen molar-refractivity contribution in [2.24, 2.45) is 0 Å². The predicted octanol–water partition coefficient (Wildman–Crippen LogP) is 2.48. The molecule has 1 saturated heterocycles. The zero-order valence-corrected chi connectivity index (χ0v) is 9.47. The smallest absolute Gasteiger partial charge is 0.135 e. The van der Waals surface area contributed by atoms with E-state index < -0.39 is 0 Å². The van der Waals surface area contributed by atoms with Gasteiger partial charge in [-0.2, -0.15) is 0 Å². The standard InChI is InChI=1S/C9H17NO.C2H6/c1-3-4-8-7-9(11)5-6-10(8)2;1-2/h8H,3-7H2,1-2H3;1-2H3. The lowest BCUT2D eigenvalue weighted by atomic mass is 9.98. The molecule has 1 unspecified atom stereocenters. The summed E-state index contributed by atoms with van der Waals surface area (Å²) in [4.78, 5) is 13.4. The normalized spacial score (nSPS) is 23.7. The molecule has 0 radical (unpaired) electrons. The van der Waals surface area contributed by atoms with Gasteiger partial charge < -0.3 is 4.90 Å². The molecule has 0 amide bonds. The second-order valence-corrected chi connectivity index (χ2v) is 3.42. The van der Waals surface area contributed by atoms with E-state index in [1.807, 2.05) is 13.8 Å². The number of piperidine rings is 1. The third-order valence-corrected chi connectivity index (χ3v) is 2.45. The van der Waals surface area contributed by atoms with Gasteiger partial charge in [-0.25, -0.2) is 0 Å². The first-order chi connectivity index (χ1) is 6.24. The molecule has 2 nitrogen and oxygen atoms in total. The van der Waals surface area contributed by atoms with E-state index in [9.17, 15) is 4.79 Å². The topological polar surface area (TPSA) is 20.3 Å². The van der Waals surface area contributed by atoms with Crippen LogP contribution < -0.4 is 0 Å². The van der Waals surface area contributed by atoms with Crippen LogP contribution in [0.2, 0.25) is 0 Å². The van der Waals surface area contributed by atoms with Crippen LogP contribution >= 0.6 is 0 Å². The van der Waals surface area contributed by atoms with Gasteiger partial charge in [-0.15, -0.1) is 0 Å². The van der Waals surface area contributed by atoms with Crippen molar-refractivity contribution in [2.75, 3.05) is 13.6 Å². The van der Waals surface area contributed by atoms with Gasteiger partial charge in [-0.1, -0.05) is 27.2 Å². The van der Waals surface area contributed by atoms with Gasteiger partial charge in [0.05, 0.1) is 0 Å². The molecule has 2 heteroatoms. The van der Waals surface area contributed by atoms with Crippen LogP contribution in [-0.2, 0) is 4.79 Å². The highest BCUT2D eigenvalue weighted by atomic mass is 16.1. The number of ketones is 1. The number of likely N-dealkylation sites (tertiary alicyclic amines) is 1. The molecule has 0 saturated carbocycles.